The number of carbonyl (C=O) groups is 2. The summed E-state index contributed by atoms with van der Waals surface area (Å²) in [6, 6.07) is 6.99. The van der Waals surface area contributed by atoms with E-state index in [9.17, 15) is 9.59 Å². The van der Waals surface area contributed by atoms with Crippen LogP contribution in [0.3, 0.4) is 0 Å². The van der Waals surface area contributed by atoms with Crippen molar-refractivity contribution >= 4 is 11.8 Å². The van der Waals surface area contributed by atoms with Crippen molar-refractivity contribution in [3.05, 3.63) is 29.8 Å². The summed E-state index contributed by atoms with van der Waals surface area (Å²) in [7, 11) is 0. The number of carbonyl (C=O) groups excluding carboxylic acids is 2. The minimum atomic E-state index is -0.319. The van der Waals surface area contributed by atoms with Crippen LogP contribution in [0.1, 0.15) is 94.8 Å². The number of benzene rings is 1. The van der Waals surface area contributed by atoms with Crippen molar-refractivity contribution in [1.29, 1.82) is 0 Å². The van der Waals surface area contributed by atoms with E-state index in [1.165, 1.54) is 38.5 Å². The van der Waals surface area contributed by atoms with E-state index in [2.05, 4.69) is 24.7 Å². The Hall–Kier alpha value is -2.04. The van der Waals surface area contributed by atoms with Gasteiger partial charge >= 0.3 is 0 Å². The molecule has 0 atom stereocenters. The predicted molar refractivity (Wildman–Crippen MR) is 110 cm³/mol. The Morgan fingerprint density at radius 1 is 0.778 bits per heavy atom. The van der Waals surface area contributed by atoms with Crippen LogP contribution in [0.4, 0.5) is 0 Å². The van der Waals surface area contributed by atoms with Gasteiger partial charge in [0, 0.05) is 12.0 Å². The van der Waals surface area contributed by atoms with E-state index in [-0.39, 0.29) is 11.8 Å². The van der Waals surface area contributed by atoms with E-state index in [1.807, 2.05) is 0 Å². The molecule has 2 N–H and O–H groups in total. The van der Waals surface area contributed by atoms with Crippen molar-refractivity contribution in [2.45, 2.75) is 84.5 Å². The van der Waals surface area contributed by atoms with Crippen LogP contribution in [-0.4, -0.2) is 18.4 Å². The average molecular weight is 377 g/mol. The summed E-state index contributed by atoms with van der Waals surface area (Å²) in [5.74, 6) is 0.293. The number of hydrogen-bond donors (Lipinski definition) is 2. The number of hydrazine groups is 1. The number of unbranched alkanes of at least 4 members (excludes halogenated alkanes) is 8. The van der Waals surface area contributed by atoms with Crippen LogP contribution in [0.5, 0.6) is 5.75 Å². The van der Waals surface area contributed by atoms with Crippen molar-refractivity contribution in [1.82, 2.24) is 10.9 Å². The van der Waals surface area contributed by atoms with Gasteiger partial charge in [0.05, 0.1) is 6.61 Å². The normalized spacial score (nSPS) is 10.4. The van der Waals surface area contributed by atoms with Gasteiger partial charge in [-0.15, -0.1) is 0 Å². The highest BCUT2D eigenvalue weighted by atomic mass is 16.5. The second-order valence-corrected chi connectivity index (χ2v) is 6.95. The molecule has 2 amide bonds. The molecule has 0 radical (unpaired) electrons. The molecule has 0 saturated heterocycles. The zero-order valence-electron chi connectivity index (χ0n) is 17.0. The first kappa shape index (κ1) is 23.0. The molecule has 0 spiro atoms. The molecule has 0 bridgehead atoms. The van der Waals surface area contributed by atoms with Gasteiger partial charge in [-0.05, 0) is 37.1 Å². The maximum Gasteiger partial charge on any atom is 0.269 e. The fourth-order valence-corrected chi connectivity index (χ4v) is 2.75. The average Bonchev–Trinajstić information content (AvgIpc) is 2.69. The molecular formula is C22H36N2O3. The van der Waals surface area contributed by atoms with Gasteiger partial charge in [-0.3, -0.25) is 20.4 Å². The van der Waals surface area contributed by atoms with E-state index in [0.29, 0.717) is 18.6 Å². The van der Waals surface area contributed by atoms with E-state index >= 15 is 0 Å². The molecular weight excluding hydrogens is 340 g/mol. The van der Waals surface area contributed by atoms with Crippen molar-refractivity contribution in [2.24, 2.45) is 0 Å². The number of hydrogen-bond acceptors (Lipinski definition) is 3. The molecule has 0 aliphatic rings. The molecule has 152 valence electrons. The van der Waals surface area contributed by atoms with Crippen LogP contribution < -0.4 is 15.6 Å². The van der Waals surface area contributed by atoms with Gasteiger partial charge in [-0.25, -0.2) is 0 Å². The van der Waals surface area contributed by atoms with Crippen LogP contribution in [0.2, 0.25) is 0 Å². The number of rotatable bonds is 14. The Kier molecular flexibility index (Phi) is 12.8. The quantitative estimate of drug-likeness (QED) is 0.348. The fraction of sp³-hybridized carbons (Fsp3) is 0.636. The molecule has 0 fully saturated rings. The highest BCUT2D eigenvalue weighted by molar-refractivity contribution is 5.95. The minimum Gasteiger partial charge on any atom is -0.494 e. The zero-order chi connectivity index (χ0) is 19.7. The van der Waals surface area contributed by atoms with Gasteiger partial charge in [0.1, 0.15) is 5.75 Å². The molecule has 1 aromatic carbocycles. The Balaban J connectivity index is 2.20. The van der Waals surface area contributed by atoms with Gasteiger partial charge < -0.3 is 4.74 Å². The highest BCUT2D eigenvalue weighted by Gasteiger charge is 2.07. The monoisotopic (exact) mass is 376 g/mol. The third kappa shape index (κ3) is 11.3. The summed E-state index contributed by atoms with van der Waals surface area (Å²) < 4.78 is 5.69. The largest absolute Gasteiger partial charge is 0.494 e. The lowest BCUT2D eigenvalue weighted by molar-refractivity contribution is -0.122. The first-order valence-electron chi connectivity index (χ1n) is 10.5. The first-order chi connectivity index (χ1) is 13.2. The van der Waals surface area contributed by atoms with E-state index < -0.39 is 0 Å². The highest BCUT2D eigenvalue weighted by Crippen LogP contribution is 2.13. The molecule has 0 aliphatic heterocycles. The van der Waals surface area contributed by atoms with Gasteiger partial charge in [-0.1, -0.05) is 65.2 Å². The van der Waals surface area contributed by atoms with Gasteiger partial charge in [-0.2, -0.15) is 0 Å². The molecule has 0 aromatic heterocycles. The summed E-state index contributed by atoms with van der Waals surface area (Å²) in [5, 5.41) is 0. The third-order valence-corrected chi connectivity index (χ3v) is 4.46. The maximum atomic E-state index is 12.1. The smallest absolute Gasteiger partial charge is 0.269 e. The number of nitrogens with one attached hydrogen (secondary N) is 2. The summed E-state index contributed by atoms with van der Waals surface area (Å²) in [6.45, 7) is 5.06. The molecule has 1 rings (SSSR count). The second-order valence-electron chi connectivity index (χ2n) is 6.95. The Bertz CT molecular complexity index is 529. The van der Waals surface area contributed by atoms with Gasteiger partial charge in [0.15, 0.2) is 0 Å². The van der Waals surface area contributed by atoms with E-state index in [4.69, 9.17) is 4.74 Å². The third-order valence-electron chi connectivity index (χ3n) is 4.46. The van der Waals surface area contributed by atoms with Gasteiger partial charge in [0.25, 0.3) is 5.91 Å². The SMILES string of the molecule is CCCCCCCOc1ccc(C(=O)NNC(=O)CCCCCCC)cc1. The Morgan fingerprint density at radius 2 is 1.37 bits per heavy atom. The zero-order valence-corrected chi connectivity index (χ0v) is 17.0. The van der Waals surface area contributed by atoms with Crippen molar-refractivity contribution < 1.29 is 14.3 Å². The number of amides is 2. The summed E-state index contributed by atoms with van der Waals surface area (Å²) in [5.41, 5.74) is 5.43. The molecule has 0 saturated carbocycles. The van der Waals surface area contributed by atoms with Crippen molar-refractivity contribution in [3.8, 4) is 5.75 Å². The predicted octanol–water partition coefficient (Wildman–Crippen LogP) is 5.16. The molecule has 0 heterocycles. The van der Waals surface area contributed by atoms with Crippen LogP contribution in [-0.2, 0) is 4.79 Å². The molecule has 5 heteroatoms. The molecule has 5 nitrogen and oxygen atoms in total. The van der Waals surface area contributed by atoms with E-state index in [0.717, 1.165) is 31.4 Å². The topological polar surface area (TPSA) is 67.4 Å². The number of ether oxygens (including phenoxy) is 1. The lowest BCUT2D eigenvalue weighted by Crippen LogP contribution is -2.41. The Labute approximate surface area is 164 Å². The van der Waals surface area contributed by atoms with Crippen LogP contribution in [0.25, 0.3) is 0 Å². The van der Waals surface area contributed by atoms with Crippen molar-refractivity contribution in [2.75, 3.05) is 6.61 Å². The summed E-state index contributed by atoms with van der Waals surface area (Å²) in [4.78, 5) is 23.8. The van der Waals surface area contributed by atoms with E-state index in [1.54, 1.807) is 24.3 Å². The Morgan fingerprint density at radius 3 is 2.00 bits per heavy atom. The molecule has 0 aliphatic carbocycles. The lowest BCUT2D eigenvalue weighted by atomic mass is 10.1. The summed E-state index contributed by atoms with van der Waals surface area (Å²) in [6.07, 6.45) is 11.9. The maximum absolute atomic E-state index is 12.1. The molecule has 0 unspecified atom stereocenters. The van der Waals surface area contributed by atoms with Gasteiger partial charge in [0.2, 0.25) is 5.91 Å². The van der Waals surface area contributed by atoms with Crippen LogP contribution >= 0.6 is 0 Å². The van der Waals surface area contributed by atoms with Crippen LogP contribution in [0.15, 0.2) is 24.3 Å². The minimum absolute atomic E-state index is 0.150. The fourth-order valence-electron chi connectivity index (χ4n) is 2.75. The molecule has 1 aromatic rings. The van der Waals surface area contributed by atoms with Crippen LogP contribution in [0, 0.1) is 0 Å². The second kappa shape index (κ2) is 15.1. The standard InChI is InChI=1S/C22H36N2O3/c1-3-5-7-9-11-13-21(25)23-24-22(26)19-14-16-20(17-15-19)27-18-12-10-8-6-4-2/h14-17H,3-13,18H2,1-2H3,(H,23,25)(H,24,26). The first-order valence-corrected chi connectivity index (χ1v) is 10.5. The molecule has 27 heavy (non-hydrogen) atoms. The van der Waals surface area contributed by atoms with Crippen molar-refractivity contribution in [3.63, 3.8) is 0 Å². The lowest BCUT2D eigenvalue weighted by Gasteiger charge is -2.09. The summed E-state index contributed by atoms with van der Waals surface area (Å²) >= 11 is 0.